The molecular weight excluding hydrogens is 278 g/mol. The van der Waals surface area contributed by atoms with E-state index in [0.717, 1.165) is 28.7 Å². The van der Waals surface area contributed by atoms with Gasteiger partial charge in [0, 0.05) is 11.9 Å². The van der Waals surface area contributed by atoms with E-state index in [0.29, 0.717) is 0 Å². The van der Waals surface area contributed by atoms with Gasteiger partial charge in [-0.1, -0.05) is 12.7 Å². The van der Waals surface area contributed by atoms with Crippen molar-refractivity contribution in [3.05, 3.63) is 65.9 Å². The Morgan fingerprint density at radius 2 is 1.82 bits per heavy atom. The number of hydrogen-bond acceptors (Lipinski definition) is 4. The van der Waals surface area contributed by atoms with Gasteiger partial charge in [0.2, 0.25) is 0 Å². The Labute approximate surface area is 128 Å². The van der Waals surface area contributed by atoms with Gasteiger partial charge >= 0.3 is 0 Å². The molecule has 0 aromatic heterocycles. The van der Waals surface area contributed by atoms with Gasteiger partial charge in [-0.05, 0) is 59.2 Å². The Bertz CT molecular complexity index is 763. The second-order valence-electron chi connectivity index (χ2n) is 5.06. The van der Waals surface area contributed by atoms with Gasteiger partial charge in [0.05, 0.1) is 0 Å². The number of aromatic hydroxyl groups is 2. The van der Waals surface area contributed by atoms with Gasteiger partial charge in [-0.2, -0.15) is 0 Å². The summed E-state index contributed by atoms with van der Waals surface area (Å²) in [6.07, 6.45) is 6.12. The van der Waals surface area contributed by atoms with Gasteiger partial charge in [0.15, 0.2) is 0 Å². The number of carbonyl (C=O) groups is 1. The number of phenols is 2. The SMILES string of the molecule is C=Cc1cc(O)cc2c1C(C=O)N(c1ccc(O)cc1)C=C2. The van der Waals surface area contributed by atoms with E-state index >= 15 is 0 Å². The van der Waals surface area contributed by atoms with E-state index in [1.54, 1.807) is 48.7 Å². The van der Waals surface area contributed by atoms with E-state index in [9.17, 15) is 15.0 Å². The lowest BCUT2D eigenvalue weighted by Crippen LogP contribution is -2.28. The average Bonchev–Trinajstić information content (AvgIpc) is 2.53. The first kappa shape index (κ1) is 13.9. The summed E-state index contributed by atoms with van der Waals surface area (Å²) in [7, 11) is 0. The zero-order valence-electron chi connectivity index (χ0n) is 11.8. The van der Waals surface area contributed by atoms with Crippen LogP contribution in [-0.4, -0.2) is 16.5 Å². The van der Waals surface area contributed by atoms with E-state index in [4.69, 9.17) is 0 Å². The summed E-state index contributed by atoms with van der Waals surface area (Å²) in [5, 5.41) is 19.2. The summed E-state index contributed by atoms with van der Waals surface area (Å²) in [5.41, 5.74) is 3.11. The van der Waals surface area contributed by atoms with Crippen molar-refractivity contribution in [3.63, 3.8) is 0 Å². The van der Waals surface area contributed by atoms with Crippen molar-refractivity contribution in [3.8, 4) is 11.5 Å². The molecular formula is C18H15NO3. The average molecular weight is 293 g/mol. The molecule has 0 saturated heterocycles. The summed E-state index contributed by atoms with van der Waals surface area (Å²) in [6.45, 7) is 3.76. The number of fused-ring (bicyclic) bond motifs is 1. The highest BCUT2D eigenvalue weighted by Gasteiger charge is 2.26. The molecule has 1 aliphatic rings. The van der Waals surface area contributed by atoms with E-state index in [1.807, 2.05) is 11.0 Å². The maximum atomic E-state index is 11.7. The van der Waals surface area contributed by atoms with Gasteiger partial charge in [-0.15, -0.1) is 0 Å². The molecule has 2 N–H and O–H groups in total. The van der Waals surface area contributed by atoms with Crippen molar-refractivity contribution in [1.82, 2.24) is 0 Å². The Morgan fingerprint density at radius 1 is 1.09 bits per heavy atom. The molecule has 1 atom stereocenters. The lowest BCUT2D eigenvalue weighted by molar-refractivity contribution is -0.109. The monoisotopic (exact) mass is 293 g/mol. The smallest absolute Gasteiger partial charge is 0.147 e. The van der Waals surface area contributed by atoms with Crippen LogP contribution in [0.2, 0.25) is 0 Å². The lowest BCUT2D eigenvalue weighted by atomic mass is 9.91. The highest BCUT2D eigenvalue weighted by Crippen LogP contribution is 2.37. The third-order valence-electron chi connectivity index (χ3n) is 3.74. The maximum Gasteiger partial charge on any atom is 0.147 e. The first-order valence-electron chi connectivity index (χ1n) is 6.84. The third-order valence-corrected chi connectivity index (χ3v) is 3.74. The second kappa shape index (κ2) is 5.41. The molecule has 0 amide bonds. The Kier molecular flexibility index (Phi) is 3.43. The minimum absolute atomic E-state index is 0.140. The molecule has 0 saturated carbocycles. The van der Waals surface area contributed by atoms with Gasteiger partial charge < -0.3 is 19.9 Å². The Morgan fingerprint density at radius 3 is 2.45 bits per heavy atom. The summed E-state index contributed by atoms with van der Waals surface area (Å²) >= 11 is 0. The molecule has 2 aromatic rings. The van der Waals surface area contributed by atoms with Crippen LogP contribution >= 0.6 is 0 Å². The standard InChI is InChI=1S/C18H15NO3/c1-2-12-9-16(22)10-13-7-8-19(17(11-20)18(12)13)14-3-5-15(21)6-4-14/h2-11,17,21-22H,1H2. The van der Waals surface area contributed by atoms with Crippen LogP contribution in [0.15, 0.2) is 49.2 Å². The van der Waals surface area contributed by atoms with Crippen LogP contribution in [0.1, 0.15) is 22.7 Å². The topological polar surface area (TPSA) is 60.8 Å². The summed E-state index contributed by atoms with van der Waals surface area (Å²) in [4.78, 5) is 13.5. The summed E-state index contributed by atoms with van der Waals surface area (Å²) < 4.78 is 0. The van der Waals surface area contributed by atoms with Crippen molar-refractivity contribution < 1.29 is 15.0 Å². The number of anilines is 1. The van der Waals surface area contributed by atoms with Crippen LogP contribution < -0.4 is 4.90 Å². The number of hydrogen-bond donors (Lipinski definition) is 2. The first-order valence-corrected chi connectivity index (χ1v) is 6.84. The fraction of sp³-hybridized carbons (Fsp3) is 0.0556. The van der Waals surface area contributed by atoms with E-state index in [-0.39, 0.29) is 11.5 Å². The normalized spacial score (nSPS) is 16.2. The van der Waals surface area contributed by atoms with Gasteiger partial charge in [-0.3, -0.25) is 0 Å². The largest absolute Gasteiger partial charge is 0.508 e. The molecule has 4 nitrogen and oxygen atoms in total. The Balaban J connectivity index is 2.14. The molecule has 3 rings (SSSR count). The van der Waals surface area contributed by atoms with Crippen LogP contribution in [0.3, 0.4) is 0 Å². The van der Waals surface area contributed by atoms with Crippen molar-refractivity contribution in [2.75, 3.05) is 4.90 Å². The summed E-state index contributed by atoms with van der Waals surface area (Å²) in [5.74, 6) is 0.311. The van der Waals surface area contributed by atoms with Crippen molar-refractivity contribution in [2.45, 2.75) is 6.04 Å². The summed E-state index contributed by atoms with van der Waals surface area (Å²) in [6, 6.07) is 9.35. The zero-order valence-corrected chi connectivity index (χ0v) is 11.8. The van der Waals surface area contributed by atoms with Gasteiger partial charge in [-0.25, -0.2) is 0 Å². The molecule has 2 aromatic carbocycles. The molecule has 0 radical (unpaired) electrons. The van der Waals surface area contributed by atoms with Crippen LogP contribution in [-0.2, 0) is 4.79 Å². The molecule has 0 spiro atoms. The number of benzene rings is 2. The number of carbonyl (C=O) groups excluding carboxylic acids is 1. The molecule has 0 fully saturated rings. The lowest BCUT2D eigenvalue weighted by Gasteiger charge is -2.32. The molecule has 4 heteroatoms. The molecule has 1 unspecified atom stereocenters. The predicted octanol–water partition coefficient (Wildman–Crippen LogP) is 3.47. The Hall–Kier alpha value is -3.01. The van der Waals surface area contributed by atoms with Crippen molar-refractivity contribution >= 4 is 24.1 Å². The molecule has 0 bridgehead atoms. The van der Waals surface area contributed by atoms with Gasteiger partial charge in [0.1, 0.15) is 23.8 Å². The van der Waals surface area contributed by atoms with Crippen molar-refractivity contribution in [2.24, 2.45) is 0 Å². The van der Waals surface area contributed by atoms with Crippen LogP contribution in [0.4, 0.5) is 5.69 Å². The molecule has 22 heavy (non-hydrogen) atoms. The maximum absolute atomic E-state index is 11.7. The minimum Gasteiger partial charge on any atom is -0.508 e. The van der Waals surface area contributed by atoms with E-state index < -0.39 is 6.04 Å². The van der Waals surface area contributed by atoms with E-state index in [2.05, 4.69) is 6.58 Å². The third kappa shape index (κ3) is 2.24. The fourth-order valence-corrected chi connectivity index (χ4v) is 2.73. The number of phenolic OH excluding ortho intramolecular Hbond substituents is 2. The highest BCUT2D eigenvalue weighted by atomic mass is 16.3. The zero-order chi connectivity index (χ0) is 15.7. The predicted molar refractivity (Wildman–Crippen MR) is 86.6 cm³/mol. The van der Waals surface area contributed by atoms with Gasteiger partial charge in [0.25, 0.3) is 0 Å². The number of nitrogens with zero attached hydrogens (tertiary/aromatic N) is 1. The first-order chi connectivity index (χ1) is 10.6. The number of aldehydes is 1. The molecule has 1 aliphatic heterocycles. The second-order valence-corrected chi connectivity index (χ2v) is 5.06. The van der Waals surface area contributed by atoms with Crippen LogP contribution in [0, 0.1) is 0 Å². The van der Waals surface area contributed by atoms with Crippen LogP contribution in [0.25, 0.3) is 12.2 Å². The molecule has 110 valence electrons. The number of rotatable bonds is 3. The van der Waals surface area contributed by atoms with Crippen molar-refractivity contribution in [1.29, 1.82) is 0 Å². The fourth-order valence-electron chi connectivity index (χ4n) is 2.73. The van der Waals surface area contributed by atoms with Crippen LogP contribution in [0.5, 0.6) is 11.5 Å². The highest BCUT2D eigenvalue weighted by molar-refractivity contribution is 5.82. The quantitative estimate of drug-likeness (QED) is 0.851. The molecule has 0 aliphatic carbocycles. The molecule has 1 heterocycles. The van der Waals surface area contributed by atoms with E-state index in [1.165, 1.54) is 0 Å². The minimum atomic E-state index is -0.516.